The second-order valence-corrected chi connectivity index (χ2v) is 7.74. The fraction of sp³-hybridized carbons (Fsp3) is 0.435. The first-order valence-electron chi connectivity index (χ1n) is 10.0. The molecule has 3 atom stereocenters. The van der Waals surface area contributed by atoms with Gasteiger partial charge in [-0.15, -0.1) is 0 Å². The molecule has 2 aromatic carbocycles. The number of morpholine rings is 1. The van der Waals surface area contributed by atoms with Crippen LogP contribution in [0.2, 0.25) is 0 Å². The fourth-order valence-corrected chi connectivity index (χ4v) is 3.50. The van der Waals surface area contributed by atoms with Gasteiger partial charge in [0.05, 0.1) is 17.9 Å². The maximum atomic E-state index is 14.7. The van der Waals surface area contributed by atoms with Crippen molar-refractivity contribution in [2.24, 2.45) is 0 Å². The number of rotatable bonds is 6. The maximum Gasteiger partial charge on any atom is 0.261 e. The van der Waals surface area contributed by atoms with Crippen molar-refractivity contribution in [1.29, 1.82) is 0 Å². The summed E-state index contributed by atoms with van der Waals surface area (Å²) in [6.07, 6.45) is -0.516. The standard InChI is InChI=1S/C23H29FN2O3/c1-15-5-8-20(9-6-15)29-18(4)23(27)25-12-19-7-10-22(21(24)11-19)26-13-16(2)28-17(3)14-26/h5-11,16-18H,12-14H2,1-4H3,(H,25,27). The molecule has 1 saturated heterocycles. The average Bonchev–Trinajstić information content (AvgIpc) is 2.67. The lowest BCUT2D eigenvalue weighted by Crippen LogP contribution is -2.45. The van der Waals surface area contributed by atoms with Gasteiger partial charge in [-0.2, -0.15) is 0 Å². The van der Waals surface area contributed by atoms with E-state index in [9.17, 15) is 9.18 Å². The average molecular weight is 400 g/mol. The summed E-state index contributed by atoms with van der Waals surface area (Å²) in [6.45, 7) is 9.22. The number of ether oxygens (including phenoxy) is 2. The Hall–Kier alpha value is -2.60. The van der Waals surface area contributed by atoms with Crippen LogP contribution in [0, 0.1) is 12.7 Å². The minimum Gasteiger partial charge on any atom is -0.481 e. The molecule has 1 aliphatic rings. The van der Waals surface area contributed by atoms with Gasteiger partial charge < -0.3 is 19.7 Å². The Kier molecular flexibility index (Phi) is 6.75. The molecule has 29 heavy (non-hydrogen) atoms. The third-order valence-corrected chi connectivity index (χ3v) is 4.94. The van der Waals surface area contributed by atoms with Crippen LogP contribution in [0.3, 0.4) is 0 Å². The first kappa shape index (κ1) is 21.1. The highest BCUT2D eigenvalue weighted by Crippen LogP contribution is 2.24. The highest BCUT2D eigenvalue weighted by atomic mass is 19.1. The molecule has 1 amide bonds. The van der Waals surface area contributed by atoms with Crippen LogP contribution in [0.25, 0.3) is 0 Å². The number of halogens is 1. The highest BCUT2D eigenvalue weighted by molar-refractivity contribution is 5.80. The lowest BCUT2D eigenvalue weighted by atomic mass is 10.1. The molecule has 1 aliphatic heterocycles. The summed E-state index contributed by atoms with van der Waals surface area (Å²) < 4.78 is 26.0. The molecule has 1 N–H and O–H groups in total. The van der Waals surface area contributed by atoms with Gasteiger partial charge in [0.15, 0.2) is 6.10 Å². The molecule has 6 heteroatoms. The Bertz CT molecular complexity index is 831. The number of nitrogens with zero attached hydrogens (tertiary/aromatic N) is 1. The summed E-state index contributed by atoms with van der Waals surface area (Å²) in [5.41, 5.74) is 2.40. The van der Waals surface area contributed by atoms with Crippen LogP contribution >= 0.6 is 0 Å². The molecule has 0 aliphatic carbocycles. The number of aryl methyl sites for hydroxylation is 1. The molecule has 0 aromatic heterocycles. The van der Waals surface area contributed by atoms with Crippen molar-refractivity contribution < 1.29 is 18.7 Å². The number of hydrogen-bond acceptors (Lipinski definition) is 4. The van der Waals surface area contributed by atoms with Crippen molar-refractivity contribution in [1.82, 2.24) is 5.32 Å². The van der Waals surface area contributed by atoms with Crippen molar-refractivity contribution in [3.63, 3.8) is 0 Å². The van der Waals surface area contributed by atoms with E-state index in [2.05, 4.69) is 5.32 Å². The first-order chi connectivity index (χ1) is 13.8. The third kappa shape index (κ3) is 5.70. The zero-order valence-electron chi connectivity index (χ0n) is 17.4. The van der Waals surface area contributed by atoms with Crippen molar-refractivity contribution in [2.45, 2.75) is 52.6 Å². The van der Waals surface area contributed by atoms with Crippen LogP contribution in [0.4, 0.5) is 10.1 Å². The van der Waals surface area contributed by atoms with Gasteiger partial charge in [-0.3, -0.25) is 4.79 Å². The second-order valence-electron chi connectivity index (χ2n) is 7.74. The van der Waals surface area contributed by atoms with E-state index in [4.69, 9.17) is 9.47 Å². The quantitative estimate of drug-likeness (QED) is 0.801. The molecular weight excluding hydrogens is 371 g/mol. The maximum absolute atomic E-state index is 14.7. The molecule has 1 fully saturated rings. The molecule has 0 saturated carbocycles. The Balaban J connectivity index is 1.55. The minimum absolute atomic E-state index is 0.0622. The van der Waals surface area contributed by atoms with Gasteiger partial charge in [0.2, 0.25) is 0 Å². The normalized spacial score (nSPS) is 20.2. The molecule has 0 radical (unpaired) electrons. The Morgan fingerprint density at radius 1 is 1.21 bits per heavy atom. The largest absolute Gasteiger partial charge is 0.481 e. The van der Waals surface area contributed by atoms with Crippen molar-refractivity contribution in [3.05, 3.63) is 59.4 Å². The van der Waals surface area contributed by atoms with Crippen molar-refractivity contribution in [2.75, 3.05) is 18.0 Å². The van der Waals surface area contributed by atoms with E-state index in [1.807, 2.05) is 56.0 Å². The number of anilines is 1. The minimum atomic E-state index is -0.641. The van der Waals surface area contributed by atoms with Gasteiger partial charge in [0.25, 0.3) is 5.91 Å². The zero-order valence-corrected chi connectivity index (χ0v) is 17.4. The van der Waals surface area contributed by atoms with Gasteiger partial charge in [-0.05, 0) is 57.5 Å². The number of hydrogen-bond donors (Lipinski definition) is 1. The van der Waals surface area contributed by atoms with Crippen LogP contribution in [-0.2, 0) is 16.1 Å². The molecule has 0 spiro atoms. The molecule has 0 bridgehead atoms. The van der Waals surface area contributed by atoms with Crippen LogP contribution in [0.1, 0.15) is 31.9 Å². The number of carbonyl (C=O) groups is 1. The molecule has 3 unspecified atom stereocenters. The highest BCUT2D eigenvalue weighted by Gasteiger charge is 2.24. The number of benzene rings is 2. The molecule has 156 valence electrons. The van der Waals surface area contributed by atoms with Crippen LogP contribution in [-0.4, -0.2) is 37.3 Å². The Labute approximate surface area is 171 Å². The summed E-state index contributed by atoms with van der Waals surface area (Å²) in [7, 11) is 0. The summed E-state index contributed by atoms with van der Waals surface area (Å²) in [4.78, 5) is 14.3. The van der Waals surface area contributed by atoms with E-state index >= 15 is 0 Å². The van der Waals surface area contributed by atoms with Gasteiger partial charge in [0.1, 0.15) is 11.6 Å². The van der Waals surface area contributed by atoms with Crippen molar-refractivity contribution >= 4 is 11.6 Å². The predicted molar refractivity (Wildman–Crippen MR) is 112 cm³/mol. The smallest absolute Gasteiger partial charge is 0.261 e. The summed E-state index contributed by atoms with van der Waals surface area (Å²) in [6, 6.07) is 12.6. The fourth-order valence-electron chi connectivity index (χ4n) is 3.50. The van der Waals surface area contributed by atoms with E-state index < -0.39 is 6.10 Å². The van der Waals surface area contributed by atoms with Gasteiger partial charge >= 0.3 is 0 Å². The summed E-state index contributed by atoms with van der Waals surface area (Å²) >= 11 is 0. The van der Waals surface area contributed by atoms with E-state index in [1.165, 1.54) is 6.07 Å². The summed E-state index contributed by atoms with van der Waals surface area (Å²) in [5, 5.41) is 2.81. The lowest BCUT2D eigenvalue weighted by Gasteiger charge is -2.37. The van der Waals surface area contributed by atoms with Gasteiger partial charge in [0, 0.05) is 19.6 Å². The molecule has 5 nitrogen and oxygen atoms in total. The third-order valence-electron chi connectivity index (χ3n) is 4.94. The van der Waals surface area contributed by atoms with E-state index in [-0.39, 0.29) is 30.5 Å². The van der Waals surface area contributed by atoms with E-state index in [0.717, 1.165) is 5.56 Å². The Morgan fingerprint density at radius 3 is 2.48 bits per heavy atom. The first-order valence-corrected chi connectivity index (χ1v) is 10.0. The SMILES string of the molecule is Cc1ccc(OC(C)C(=O)NCc2ccc(N3CC(C)OC(C)C3)c(F)c2)cc1. The topological polar surface area (TPSA) is 50.8 Å². The van der Waals surface area contributed by atoms with Crippen molar-refractivity contribution in [3.8, 4) is 5.75 Å². The number of nitrogens with one attached hydrogen (secondary N) is 1. The van der Waals surface area contributed by atoms with Crippen LogP contribution in [0.5, 0.6) is 5.75 Å². The van der Waals surface area contributed by atoms with E-state index in [1.54, 1.807) is 13.0 Å². The zero-order chi connectivity index (χ0) is 21.0. The predicted octanol–water partition coefficient (Wildman–Crippen LogP) is 3.83. The second kappa shape index (κ2) is 9.27. The van der Waals surface area contributed by atoms with E-state index in [0.29, 0.717) is 30.1 Å². The molecular formula is C23H29FN2O3. The molecule has 1 heterocycles. The van der Waals surface area contributed by atoms with Crippen LogP contribution in [0.15, 0.2) is 42.5 Å². The summed E-state index contributed by atoms with van der Waals surface area (Å²) in [5.74, 6) is 0.107. The van der Waals surface area contributed by atoms with Crippen LogP contribution < -0.4 is 15.0 Å². The monoisotopic (exact) mass is 400 g/mol. The van der Waals surface area contributed by atoms with Gasteiger partial charge in [-0.25, -0.2) is 4.39 Å². The Morgan fingerprint density at radius 2 is 1.86 bits per heavy atom. The number of amides is 1. The lowest BCUT2D eigenvalue weighted by molar-refractivity contribution is -0.127. The number of carbonyl (C=O) groups excluding carboxylic acids is 1. The molecule has 3 rings (SSSR count). The van der Waals surface area contributed by atoms with Gasteiger partial charge in [-0.1, -0.05) is 23.8 Å². The molecule has 2 aromatic rings.